The first-order chi connectivity index (χ1) is 13.6. The number of H-pyrrole nitrogens is 1. The van der Waals surface area contributed by atoms with Gasteiger partial charge < -0.3 is 16.0 Å². The molecule has 4 N–H and O–H groups in total. The van der Waals surface area contributed by atoms with Gasteiger partial charge in [-0.3, -0.25) is 4.79 Å². The number of carbonyl (C=O) groups is 1. The summed E-state index contributed by atoms with van der Waals surface area (Å²) in [7, 11) is 0. The molecule has 0 saturated heterocycles. The van der Waals surface area contributed by atoms with Crippen LogP contribution in [0.5, 0.6) is 0 Å². The molecule has 0 atom stereocenters. The lowest BCUT2D eigenvalue weighted by atomic mass is 10.1. The average molecular weight is 406 g/mol. The maximum Gasteiger partial charge on any atom is 0.217 e. The molecule has 5 aromatic rings. The van der Waals surface area contributed by atoms with Crippen molar-refractivity contribution in [2.24, 2.45) is 0 Å². The number of aromatic nitrogens is 3. The van der Waals surface area contributed by atoms with Gasteiger partial charge in [-0.05, 0) is 42.1 Å². The van der Waals surface area contributed by atoms with Crippen molar-refractivity contribution < 1.29 is 4.79 Å². The van der Waals surface area contributed by atoms with Crippen molar-refractivity contribution in [3.63, 3.8) is 0 Å². The summed E-state index contributed by atoms with van der Waals surface area (Å²) in [6.45, 7) is 1.97. The van der Waals surface area contributed by atoms with Crippen molar-refractivity contribution in [2.75, 3.05) is 11.1 Å². The number of fused-ring (bicyclic) bond motifs is 2. The summed E-state index contributed by atoms with van der Waals surface area (Å²) in [6, 6.07) is 13.8. The summed E-state index contributed by atoms with van der Waals surface area (Å²) >= 11 is 2.76. The van der Waals surface area contributed by atoms with Gasteiger partial charge in [-0.15, -0.1) is 11.3 Å². The fourth-order valence-corrected chi connectivity index (χ4v) is 5.25. The zero-order chi connectivity index (χ0) is 19.3. The van der Waals surface area contributed by atoms with E-state index in [1.165, 1.54) is 22.7 Å². The van der Waals surface area contributed by atoms with E-state index in [0.717, 1.165) is 32.4 Å². The minimum Gasteiger partial charge on any atom is -0.382 e. The van der Waals surface area contributed by atoms with Crippen LogP contribution in [0.1, 0.15) is 20.1 Å². The van der Waals surface area contributed by atoms with Crippen molar-refractivity contribution in [3.05, 3.63) is 64.1 Å². The monoisotopic (exact) mass is 405 g/mol. The standard InChI is InChI=1S/C20H15N5OS2/c1-10-12-4-2-3-5-15(12)27-17(10)16(26)18-19(21)25-20(28-18)24-11-6-7-13-14(8-11)23-9-22-13/h2-9H,21H2,1H3,(H,22,23)(H,24,25). The maximum atomic E-state index is 13.1. The topological polar surface area (TPSA) is 96.7 Å². The zero-order valence-corrected chi connectivity index (χ0v) is 16.4. The van der Waals surface area contributed by atoms with Gasteiger partial charge in [0, 0.05) is 10.4 Å². The molecule has 0 aliphatic carbocycles. The molecule has 28 heavy (non-hydrogen) atoms. The molecule has 0 radical (unpaired) electrons. The number of imidazole rings is 1. The summed E-state index contributed by atoms with van der Waals surface area (Å²) in [5.74, 6) is 0.169. The van der Waals surface area contributed by atoms with E-state index >= 15 is 0 Å². The molecule has 5 rings (SSSR count). The van der Waals surface area contributed by atoms with Crippen LogP contribution >= 0.6 is 22.7 Å². The van der Waals surface area contributed by atoms with Crippen LogP contribution in [-0.2, 0) is 0 Å². The number of rotatable bonds is 4. The number of nitrogens with one attached hydrogen (secondary N) is 2. The van der Waals surface area contributed by atoms with Crippen molar-refractivity contribution in [3.8, 4) is 0 Å². The number of aromatic amines is 1. The molecule has 0 saturated carbocycles. The van der Waals surface area contributed by atoms with Crippen LogP contribution in [0.3, 0.4) is 0 Å². The summed E-state index contributed by atoms with van der Waals surface area (Å²) in [5.41, 5.74) is 9.72. The normalized spacial score (nSPS) is 11.3. The molecule has 0 aliphatic rings. The van der Waals surface area contributed by atoms with E-state index in [-0.39, 0.29) is 11.6 Å². The Bertz CT molecular complexity index is 1350. The lowest BCUT2D eigenvalue weighted by Crippen LogP contribution is -2.01. The fraction of sp³-hybridized carbons (Fsp3) is 0.0500. The van der Waals surface area contributed by atoms with Crippen molar-refractivity contribution in [2.45, 2.75) is 6.92 Å². The highest BCUT2D eigenvalue weighted by atomic mass is 32.1. The second-order valence-electron chi connectivity index (χ2n) is 6.37. The number of nitrogen functional groups attached to an aromatic ring is 1. The molecule has 3 aromatic heterocycles. The predicted octanol–water partition coefficient (Wildman–Crippen LogP) is 5.10. The van der Waals surface area contributed by atoms with Gasteiger partial charge in [0.15, 0.2) is 5.13 Å². The Morgan fingerprint density at radius 3 is 2.86 bits per heavy atom. The summed E-state index contributed by atoms with van der Waals surface area (Å²) in [4.78, 5) is 25.9. The van der Waals surface area contributed by atoms with Crippen molar-refractivity contribution in [1.29, 1.82) is 0 Å². The molecule has 0 unspecified atom stereocenters. The molecular weight excluding hydrogens is 390 g/mol. The van der Waals surface area contributed by atoms with Crippen LogP contribution in [0.25, 0.3) is 21.1 Å². The highest BCUT2D eigenvalue weighted by Crippen LogP contribution is 2.36. The van der Waals surface area contributed by atoms with Gasteiger partial charge >= 0.3 is 0 Å². The number of hydrogen-bond acceptors (Lipinski definition) is 7. The summed E-state index contributed by atoms with van der Waals surface area (Å²) in [5, 5.41) is 4.91. The molecule has 8 heteroatoms. The zero-order valence-electron chi connectivity index (χ0n) is 14.8. The number of thiazole rings is 1. The molecule has 0 fully saturated rings. The largest absolute Gasteiger partial charge is 0.382 e. The van der Waals surface area contributed by atoms with Crippen LogP contribution in [0, 0.1) is 6.92 Å². The van der Waals surface area contributed by atoms with Crippen LogP contribution in [0.2, 0.25) is 0 Å². The maximum absolute atomic E-state index is 13.1. The Kier molecular flexibility index (Phi) is 3.88. The van der Waals surface area contributed by atoms with E-state index in [4.69, 9.17) is 5.73 Å². The third-order valence-corrected chi connectivity index (χ3v) is 6.84. The molecule has 0 aliphatic heterocycles. The molecule has 0 amide bonds. The highest BCUT2D eigenvalue weighted by Gasteiger charge is 2.22. The third-order valence-electron chi connectivity index (χ3n) is 4.58. The Hall–Kier alpha value is -3.23. The SMILES string of the molecule is Cc1c(C(=O)c2sc(Nc3ccc4nc[nH]c4c3)nc2N)sc2ccccc12. The number of ketones is 1. The van der Waals surface area contributed by atoms with E-state index in [1.807, 2.05) is 49.4 Å². The van der Waals surface area contributed by atoms with Gasteiger partial charge in [-0.1, -0.05) is 29.5 Å². The lowest BCUT2D eigenvalue weighted by molar-refractivity contribution is 0.104. The highest BCUT2D eigenvalue weighted by molar-refractivity contribution is 7.23. The average Bonchev–Trinajstić information content (AvgIpc) is 3.39. The number of anilines is 3. The Morgan fingerprint density at radius 2 is 2.00 bits per heavy atom. The number of benzene rings is 2. The summed E-state index contributed by atoms with van der Waals surface area (Å²) in [6.07, 6.45) is 1.65. The van der Waals surface area contributed by atoms with Crippen LogP contribution in [0.4, 0.5) is 16.6 Å². The number of nitrogens with zero attached hydrogens (tertiary/aromatic N) is 2. The third kappa shape index (κ3) is 2.74. The Balaban J connectivity index is 1.48. The first kappa shape index (κ1) is 16.9. The van der Waals surface area contributed by atoms with Gasteiger partial charge in [-0.2, -0.15) is 0 Å². The molecular formula is C20H15N5OS2. The van der Waals surface area contributed by atoms with Gasteiger partial charge in [0.25, 0.3) is 0 Å². The number of thiophene rings is 1. The predicted molar refractivity (Wildman–Crippen MR) is 116 cm³/mol. The fourth-order valence-electron chi connectivity index (χ4n) is 3.18. The van der Waals surface area contributed by atoms with Gasteiger partial charge in [0.05, 0.1) is 22.2 Å². The number of nitrogens with two attached hydrogens (primary N) is 1. The van der Waals surface area contributed by atoms with Crippen molar-refractivity contribution >= 4 is 66.2 Å². The van der Waals surface area contributed by atoms with E-state index in [0.29, 0.717) is 14.9 Å². The number of carbonyl (C=O) groups excluding carboxylic acids is 1. The van der Waals surface area contributed by atoms with Gasteiger partial charge in [-0.25, -0.2) is 9.97 Å². The number of hydrogen-bond donors (Lipinski definition) is 3. The molecule has 138 valence electrons. The van der Waals surface area contributed by atoms with Crippen LogP contribution < -0.4 is 11.1 Å². The molecule has 6 nitrogen and oxygen atoms in total. The van der Waals surface area contributed by atoms with Crippen LogP contribution in [0.15, 0.2) is 48.8 Å². The molecule has 2 aromatic carbocycles. The molecule has 0 spiro atoms. The minimum absolute atomic E-state index is 0.0780. The lowest BCUT2D eigenvalue weighted by Gasteiger charge is -2.01. The van der Waals surface area contributed by atoms with E-state index in [9.17, 15) is 4.79 Å². The summed E-state index contributed by atoms with van der Waals surface area (Å²) < 4.78 is 1.10. The minimum atomic E-state index is -0.0780. The van der Waals surface area contributed by atoms with Crippen LogP contribution in [-0.4, -0.2) is 20.7 Å². The van der Waals surface area contributed by atoms with Crippen molar-refractivity contribution in [1.82, 2.24) is 15.0 Å². The van der Waals surface area contributed by atoms with E-state index in [1.54, 1.807) is 6.33 Å². The van der Waals surface area contributed by atoms with E-state index in [2.05, 4.69) is 20.3 Å². The van der Waals surface area contributed by atoms with Gasteiger partial charge in [0.1, 0.15) is 10.7 Å². The second kappa shape index (κ2) is 6.43. The second-order valence-corrected chi connectivity index (χ2v) is 8.43. The van der Waals surface area contributed by atoms with E-state index < -0.39 is 0 Å². The smallest absolute Gasteiger partial charge is 0.217 e. The molecule has 3 heterocycles. The number of aryl methyl sites for hydroxylation is 1. The molecule has 0 bridgehead atoms. The van der Waals surface area contributed by atoms with Gasteiger partial charge in [0.2, 0.25) is 5.78 Å². The first-order valence-corrected chi connectivity index (χ1v) is 10.2. The first-order valence-electron chi connectivity index (χ1n) is 8.59. The Morgan fingerprint density at radius 1 is 1.14 bits per heavy atom. The Labute approximate surface area is 168 Å². The quantitative estimate of drug-likeness (QED) is 0.362.